The molecular weight excluding hydrogens is 352 g/mol. The first-order chi connectivity index (χ1) is 12.4. The van der Waals surface area contributed by atoms with Crippen LogP contribution in [0.3, 0.4) is 0 Å². The van der Waals surface area contributed by atoms with E-state index >= 15 is 0 Å². The van der Waals surface area contributed by atoms with Crippen molar-refractivity contribution in [3.8, 4) is 0 Å². The molecule has 1 aromatic carbocycles. The summed E-state index contributed by atoms with van der Waals surface area (Å²) in [5.74, 6) is 0.0721. The molecule has 1 fully saturated rings. The van der Waals surface area contributed by atoms with Crippen LogP contribution in [-0.2, 0) is 4.74 Å². The zero-order chi connectivity index (χ0) is 18.8. The minimum Gasteiger partial charge on any atom is -0.460 e. The summed E-state index contributed by atoms with van der Waals surface area (Å²) in [5.41, 5.74) is 2.45. The van der Waals surface area contributed by atoms with Crippen molar-refractivity contribution in [2.45, 2.75) is 33.7 Å². The normalized spacial score (nSPS) is 18.7. The number of carbonyl (C=O) groups excluding carboxylic acids is 1. The van der Waals surface area contributed by atoms with E-state index in [9.17, 15) is 4.79 Å². The molecule has 3 rings (SSSR count). The largest absolute Gasteiger partial charge is 0.460 e. The van der Waals surface area contributed by atoms with Crippen molar-refractivity contribution in [2.24, 2.45) is 5.92 Å². The predicted octanol–water partition coefficient (Wildman–Crippen LogP) is 3.56. The summed E-state index contributed by atoms with van der Waals surface area (Å²) in [6, 6.07) is 4.18. The third kappa shape index (κ3) is 3.96. The molecular formula is C19H27ClN4O2. The summed E-state index contributed by atoms with van der Waals surface area (Å²) in [4.78, 5) is 24.3. The molecule has 0 bridgehead atoms. The van der Waals surface area contributed by atoms with Crippen LogP contribution in [0.15, 0.2) is 12.1 Å². The van der Waals surface area contributed by atoms with Gasteiger partial charge in [0.2, 0.25) is 5.82 Å². The van der Waals surface area contributed by atoms with E-state index < -0.39 is 5.97 Å². The van der Waals surface area contributed by atoms with E-state index in [2.05, 4.69) is 33.6 Å². The number of aromatic nitrogens is 2. The van der Waals surface area contributed by atoms with Gasteiger partial charge in [0.15, 0.2) is 0 Å². The number of aromatic amines is 1. The van der Waals surface area contributed by atoms with Gasteiger partial charge in [-0.1, -0.05) is 32.4 Å². The van der Waals surface area contributed by atoms with E-state index in [-0.39, 0.29) is 11.7 Å². The van der Waals surface area contributed by atoms with E-state index in [4.69, 9.17) is 16.3 Å². The van der Waals surface area contributed by atoms with Gasteiger partial charge in [-0.25, -0.2) is 9.78 Å². The van der Waals surface area contributed by atoms with Gasteiger partial charge >= 0.3 is 5.97 Å². The Hall–Kier alpha value is -1.79. The number of H-pyrrole nitrogens is 1. The summed E-state index contributed by atoms with van der Waals surface area (Å²) in [7, 11) is 0. The average molecular weight is 379 g/mol. The lowest BCUT2D eigenvalue weighted by molar-refractivity contribution is 0.0446. The number of hydrogen-bond acceptors (Lipinski definition) is 5. The SMILES string of the molecule is CCN1CCN(c2cc3[nH]c(C(=O)OCC(C)C)nc3cc2Cl)[C@H](C)C1. The topological polar surface area (TPSA) is 61.5 Å². The van der Waals surface area contributed by atoms with E-state index in [1.807, 2.05) is 26.0 Å². The molecule has 1 saturated heterocycles. The molecule has 0 spiro atoms. The van der Waals surface area contributed by atoms with Crippen LogP contribution in [0.5, 0.6) is 0 Å². The predicted molar refractivity (Wildman–Crippen MR) is 105 cm³/mol. The van der Waals surface area contributed by atoms with Gasteiger partial charge in [-0.2, -0.15) is 0 Å². The van der Waals surface area contributed by atoms with Crippen LogP contribution in [0.4, 0.5) is 5.69 Å². The van der Waals surface area contributed by atoms with Crippen LogP contribution in [0.25, 0.3) is 11.0 Å². The van der Waals surface area contributed by atoms with Crippen molar-refractivity contribution < 1.29 is 9.53 Å². The minimum absolute atomic E-state index is 0.220. The molecule has 2 heterocycles. The molecule has 6 nitrogen and oxygen atoms in total. The maximum atomic E-state index is 12.1. The molecule has 0 unspecified atom stereocenters. The Bertz CT molecular complexity index is 789. The number of likely N-dealkylation sites (N-methyl/N-ethyl adjacent to an activating group) is 1. The number of benzene rings is 1. The number of piperazine rings is 1. The Kier molecular flexibility index (Phi) is 5.73. The summed E-state index contributed by atoms with van der Waals surface area (Å²) in [6.45, 7) is 12.8. The Morgan fingerprint density at radius 2 is 2.19 bits per heavy atom. The van der Waals surface area contributed by atoms with Crippen molar-refractivity contribution in [2.75, 3.05) is 37.7 Å². The van der Waals surface area contributed by atoms with Crippen LogP contribution in [0, 0.1) is 5.92 Å². The number of anilines is 1. The van der Waals surface area contributed by atoms with E-state index in [1.54, 1.807) is 0 Å². The zero-order valence-corrected chi connectivity index (χ0v) is 16.6. The highest BCUT2D eigenvalue weighted by atomic mass is 35.5. The van der Waals surface area contributed by atoms with Gasteiger partial charge in [0.05, 0.1) is 28.4 Å². The quantitative estimate of drug-likeness (QED) is 0.806. The second-order valence-electron chi connectivity index (χ2n) is 7.33. The lowest BCUT2D eigenvalue weighted by atomic mass is 10.1. The lowest BCUT2D eigenvalue weighted by Gasteiger charge is -2.41. The molecule has 0 aliphatic carbocycles. The highest BCUT2D eigenvalue weighted by Gasteiger charge is 2.25. The smallest absolute Gasteiger partial charge is 0.374 e. The van der Waals surface area contributed by atoms with E-state index in [1.165, 1.54) is 0 Å². The summed E-state index contributed by atoms with van der Waals surface area (Å²) < 4.78 is 5.26. The summed E-state index contributed by atoms with van der Waals surface area (Å²) >= 11 is 6.54. The number of hydrogen-bond donors (Lipinski definition) is 1. The number of carbonyl (C=O) groups is 1. The molecule has 1 atom stereocenters. The van der Waals surface area contributed by atoms with Crippen molar-refractivity contribution in [3.63, 3.8) is 0 Å². The molecule has 0 amide bonds. The number of imidazole rings is 1. The molecule has 7 heteroatoms. The first kappa shape index (κ1) is 19.0. The maximum Gasteiger partial charge on any atom is 0.374 e. The van der Waals surface area contributed by atoms with Gasteiger partial charge in [0.25, 0.3) is 0 Å². The van der Waals surface area contributed by atoms with E-state index in [0.717, 1.165) is 37.4 Å². The second kappa shape index (κ2) is 7.84. The molecule has 1 aromatic heterocycles. The van der Waals surface area contributed by atoms with E-state index in [0.29, 0.717) is 23.2 Å². The summed E-state index contributed by atoms with van der Waals surface area (Å²) in [5, 5.41) is 0.655. The number of fused-ring (bicyclic) bond motifs is 1. The van der Waals surface area contributed by atoms with Crippen LogP contribution < -0.4 is 4.90 Å². The number of nitrogens with zero attached hydrogens (tertiary/aromatic N) is 3. The fourth-order valence-corrected chi connectivity index (χ4v) is 3.59. The molecule has 1 aliphatic rings. The lowest BCUT2D eigenvalue weighted by Crippen LogP contribution is -2.51. The molecule has 142 valence electrons. The van der Waals surface area contributed by atoms with Gasteiger partial charge in [-0.3, -0.25) is 4.90 Å². The van der Waals surface area contributed by atoms with Gasteiger partial charge in [0.1, 0.15) is 0 Å². The fourth-order valence-electron chi connectivity index (χ4n) is 3.33. The van der Waals surface area contributed by atoms with Gasteiger partial charge in [0, 0.05) is 25.7 Å². The molecule has 1 N–H and O–H groups in total. The number of nitrogens with one attached hydrogen (secondary N) is 1. The van der Waals surface area contributed by atoms with Crippen molar-refractivity contribution in [1.29, 1.82) is 0 Å². The van der Waals surface area contributed by atoms with Crippen molar-refractivity contribution in [1.82, 2.24) is 14.9 Å². The first-order valence-corrected chi connectivity index (χ1v) is 9.62. The molecule has 0 radical (unpaired) electrons. The highest BCUT2D eigenvalue weighted by molar-refractivity contribution is 6.34. The van der Waals surface area contributed by atoms with Crippen molar-refractivity contribution >= 4 is 34.3 Å². The highest BCUT2D eigenvalue weighted by Crippen LogP contribution is 2.32. The Labute approximate surface area is 159 Å². The Balaban J connectivity index is 1.84. The average Bonchev–Trinajstić information content (AvgIpc) is 3.01. The molecule has 1 aliphatic heterocycles. The number of ether oxygens (including phenoxy) is 1. The Morgan fingerprint density at radius 3 is 2.85 bits per heavy atom. The molecule has 26 heavy (non-hydrogen) atoms. The first-order valence-electron chi connectivity index (χ1n) is 9.24. The third-order valence-corrected chi connectivity index (χ3v) is 5.06. The standard InChI is InChI=1S/C19H27ClN4O2/c1-5-23-6-7-24(13(4)10-23)17-9-16-15(8-14(17)20)21-18(22-16)19(25)26-11-12(2)3/h8-9,12-13H,5-7,10-11H2,1-4H3,(H,21,22)/t13-/m1/s1. The monoisotopic (exact) mass is 378 g/mol. The number of halogens is 1. The van der Waals surface area contributed by atoms with Crippen LogP contribution in [0.1, 0.15) is 38.3 Å². The number of rotatable bonds is 5. The van der Waals surface area contributed by atoms with Crippen LogP contribution in [0.2, 0.25) is 5.02 Å². The molecule has 2 aromatic rings. The zero-order valence-electron chi connectivity index (χ0n) is 15.9. The van der Waals surface area contributed by atoms with Crippen LogP contribution in [-0.4, -0.2) is 59.7 Å². The second-order valence-corrected chi connectivity index (χ2v) is 7.74. The van der Waals surface area contributed by atoms with Gasteiger partial charge in [-0.15, -0.1) is 0 Å². The third-order valence-electron chi connectivity index (χ3n) is 4.76. The minimum atomic E-state index is -0.433. The van der Waals surface area contributed by atoms with Crippen LogP contribution >= 0.6 is 11.6 Å². The fraction of sp³-hybridized carbons (Fsp3) is 0.579. The van der Waals surface area contributed by atoms with Gasteiger partial charge < -0.3 is 14.6 Å². The number of esters is 1. The van der Waals surface area contributed by atoms with Gasteiger partial charge in [-0.05, 0) is 31.5 Å². The summed E-state index contributed by atoms with van der Waals surface area (Å²) in [6.07, 6.45) is 0. The maximum absolute atomic E-state index is 12.1. The van der Waals surface area contributed by atoms with Crippen molar-refractivity contribution in [3.05, 3.63) is 23.0 Å². The Morgan fingerprint density at radius 1 is 1.42 bits per heavy atom. The molecule has 0 saturated carbocycles.